The van der Waals surface area contributed by atoms with Crippen LogP contribution in [0.5, 0.6) is 0 Å². The van der Waals surface area contributed by atoms with Crippen LogP contribution in [-0.4, -0.2) is 78.0 Å². The monoisotopic (exact) mass is 477 g/mol. The van der Waals surface area contributed by atoms with Crippen molar-refractivity contribution in [3.8, 4) is 11.1 Å². The third kappa shape index (κ3) is 3.42. The summed E-state index contributed by atoms with van der Waals surface area (Å²) in [5, 5.41) is 9.66. The van der Waals surface area contributed by atoms with E-state index in [1.54, 1.807) is 21.9 Å². The Hall–Kier alpha value is -3.46. The lowest BCUT2D eigenvalue weighted by Crippen LogP contribution is -2.47. The van der Waals surface area contributed by atoms with Gasteiger partial charge in [-0.05, 0) is 49.1 Å². The lowest BCUT2D eigenvalue weighted by Gasteiger charge is -2.27. The van der Waals surface area contributed by atoms with Gasteiger partial charge in [0.1, 0.15) is 17.6 Å². The van der Waals surface area contributed by atoms with Crippen LogP contribution in [0.25, 0.3) is 27.7 Å². The van der Waals surface area contributed by atoms with E-state index < -0.39 is 0 Å². The van der Waals surface area contributed by atoms with Crippen molar-refractivity contribution in [1.29, 1.82) is 0 Å². The van der Waals surface area contributed by atoms with E-state index in [4.69, 9.17) is 11.6 Å². The Labute approximate surface area is 200 Å². The Morgan fingerprint density at radius 3 is 2.91 bits per heavy atom. The molecule has 1 N–H and O–H groups in total. The molecule has 0 spiro atoms. The lowest BCUT2D eigenvalue weighted by molar-refractivity contribution is -0.141. The highest BCUT2D eigenvalue weighted by Gasteiger charge is 2.39. The molecule has 6 rings (SSSR count). The van der Waals surface area contributed by atoms with Gasteiger partial charge in [0.05, 0.1) is 11.7 Å². The first-order chi connectivity index (χ1) is 16.6. The first-order valence-electron chi connectivity index (χ1n) is 11.6. The zero-order chi connectivity index (χ0) is 23.2. The summed E-state index contributed by atoms with van der Waals surface area (Å²) in [6.07, 6.45) is 7.75. The first kappa shape index (κ1) is 21.1. The number of alkyl halides is 1. The van der Waals surface area contributed by atoms with Crippen molar-refractivity contribution in [2.24, 2.45) is 0 Å². The standard InChI is InChI=1S/C24H24ClN7O2/c25-12-22(33)31-9-2-4-21(31)24(34)30-10-6-15(14-30)19-11-17-16(5-8-26-23(17)29-19)18-13-28-32-20(18)3-1-7-27-32/h1,3,5,7-8,11,13,15,21H,2,4,6,9-10,12,14H2,(H,26,29)/t15?,21-/m1/s1. The van der Waals surface area contributed by atoms with Crippen LogP contribution in [0.4, 0.5) is 0 Å². The number of nitrogens with zero attached hydrogens (tertiary/aromatic N) is 6. The fraction of sp³-hybridized carbons (Fsp3) is 0.375. The van der Waals surface area contributed by atoms with Gasteiger partial charge in [-0.3, -0.25) is 9.59 Å². The molecule has 34 heavy (non-hydrogen) atoms. The third-order valence-electron chi connectivity index (χ3n) is 7.06. The number of carbonyl (C=O) groups is 2. The molecule has 0 saturated carbocycles. The summed E-state index contributed by atoms with van der Waals surface area (Å²) in [4.78, 5) is 36.9. The summed E-state index contributed by atoms with van der Waals surface area (Å²) in [6.45, 7) is 1.91. The molecule has 0 aliphatic carbocycles. The Kier molecular flexibility index (Phi) is 5.21. The maximum atomic E-state index is 13.2. The van der Waals surface area contributed by atoms with E-state index >= 15 is 0 Å². The number of rotatable bonds is 4. The zero-order valence-electron chi connectivity index (χ0n) is 18.5. The molecule has 0 bridgehead atoms. The number of amides is 2. The van der Waals surface area contributed by atoms with E-state index in [-0.39, 0.29) is 29.7 Å². The van der Waals surface area contributed by atoms with E-state index in [2.05, 4.69) is 26.2 Å². The number of hydrogen-bond acceptors (Lipinski definition) is 5. The van der Waals surface area contributed by atoms with Crippen LogP contribution >= 0.6 is 11.6 Å². The minimum atomic E-state index is -0.384. The molecule has 0 aromatic carbocycles. The van der Waals surface area contributed by atoms with E-state index in [0.29, 0.717) is 26.1 Å². The minimum Gasteiger partial charge on any atom is -0.343 e. The molecule has 0 radical (unpaired) electrons. The van der Waals surface area contributed by atoms with Crippen molar-refractivity contribution in [2.45, 2.75) is 31.2 Å². The maximum Gasteiger partial charge on any atom is 0.245 e. The number of halogens is 1. The summed E-state index contributed by atoms with van der Waals surface area (Å²) >= 11 is 5.75. The van der Waals surface area contributed by atoms with E-state index in [9.17, 15) is 9.59 Å². The zero-order valence-corrected chi connectivity index (χ0v) is 19.3. The predicted molar refractivity (Wildman–Crippen MR) is 127 cm³/mol. The first-order valence-corrected chi connectivity index (χ1v) is 12.1. The van der Waals surface area contributed by atoms with Crippen LogP contribution in [-0.2, 0) is 9.59 Å². The normalized spacial score (nSPS) is 20.6. The van der Waals surface area contributed by atoms with Crippen molar-refractivity contribution in [3.63, 3.8) is 0 Å². The molecule has 4 aromatic rings. The van der Waals surface area contributed by atoms with Gasteiger partial charge in [0.2, 0.25) is 11.8 Å². The van der Waals surface area contributed by atoms with E-state index in [1.165, 1.54) is 0 Å². The summed E-state index contributed by atoms with van der Waals surface area (Å²) in [7, 11) is 0. The average Bonchev–Trinajstić information content (AvgIpc) is 3.67. The van der Waals surface area contributed by atoms with Gasteiger partial charge in [-0.15, -0.1) is 11.6 Å². The van der Waals surface area contributed by atoms with Gasteiger partial charge in [0, 0.05) is 54.6 Å². The van der Waals surface area contributed by atoms with Crippen molar-refractivity contribution >= 4 is 40.0 Å². The number of aromatic amines is 1. The molecule has 9 nitrogen and oxygen atoms in total. The number of H-pyrrole nitrogens is 1. The number of aromatic nitrogens is 5. The summed E-state index contributed by atoms with van der Waals surface area (Å²) in [6, 6.07) is 7.66. The second-order valence-corrected chi connectivity index (χ2v) is 9.22. The van der Waals surface area contributed by atoms with Crippen LogP contribution in [0.15, 0.2) is 42.9 Å². The number of carbonyl (C=O) groups excluding carboxylic acids is 2. The number of nitrogens with one attached hydrogen (secondary N) is 1. The van der Waals surface area contributed by atoms with Crippen LogP contribution in [0.1, 0.15) is 30.9 Å². The molecule has 1 unspecified atom stereocenters. The fourth-order valence-electron chi connectivity index (χ4n) is 5.37. The molecule has 2 fully saturated rings. The number of fused-ring (bicyclic) bond motifs is 2. The lowest BCUT2D eigenvalue weighted by atomic mass is 10.0. The predicted octanol–water partition coefficient (Wildman–Crippen LogP) is 2.82. The Morgan fingerprint density at radius 1 is 1.12 bits per heavy atom. The summed E-state index contributed by atoms with van der Waals surface area (Å²) in [5.74, 6) is -0.0210. The second kappa shape index (κ2) is 8.39. The summed E-state index contributed by atoms with van der Waals surface area (Å²) < 4.78 is 1.62. The minimum absolute atomic E-state index is 0.0345. The molecule has 2 atom stereocenters. The van der Waals surface area contributed by atoms with Crippen molar-refractivity contribution in [1.82, 2.24) is 34.6 Å². The molecule has 10 heteroatoms. The highest BCUT2D eigenvalue weighted by atomic mass is 35.5. The molecule has 2 saturated heterocycles. The topological polar surface area (TPSA) is 99.5 Å². The molecular weight excluding hydrogens is 454 g/mol. The second-order valence-electron chi connectivity index (χ2n) is 8.95. The molecule has 6 heterocycles. The molecule has 2 amide bonds. The molecular formula is C24H24ClN7O2. The van der Waals surface area contributed by atoms with Gasteiger partial charge in [0.25, 0.3) is 0 Å². The highest BCUT2D eigenvalue weighted by molar-refractivity contribution is 6.27. The Bertz CT molecular complexity index is 1400. The van der Waals surface area contributed by atoms with Crippen molar-refractivity contribution < 1.29 is 9.59 Å². The van der Waals surface area contributed by atoms with Gasteiger partial charge < -0.3 is 14.8 Å². The molecule has 174 valence electrons. The Morgan fingerprint density at radius 2 is 2.03 bits per heavy atom. The van der Waals surface area contributed by atoms with Crippen LogP contribution in [0, 0.1) is 0 Å². The molecule has 4 aromatic heterocycles. The van der Waals surface area contributed by atoms with Crippen LogP contribution in [0.3, 0.4) is 0 Å². The maximum absolute atomic E-state index is 13.2. The SMILES string of the molecule is O=C([C@H]1CCCN1C(=O)CCl)N1CCC(c2cc3c(-c4cnn5ncccc45)ccnc3[nH]2)C1. The van der Waals surface area contributed by atoms with Crippen molar-refractivity contribution in [3.05, 3.63) is 48.5 Å². The van der Waals surface area contributed by atoms with Gasteiger partial charge in [0.15, 0.2) is 0 Å². The fourth-order valence-corrected chi connectivity index (χ4v) is 5.52. The summed E-state index contributed by atoms with van der Waals surface area (Å²) in [5.41, 5.74) is 4.86. The number of hydrogen-bond donors (Lipinski definition) is 1. The van der Waals surface area contributed by atoms with Crippen LogP contribution < -0.4 is 0 Å². The van der Waals surface area contributed by atoms with Gasteiger partial charge in [-0.1, -0.05) is 0 Å². The number of pyridine rings is 1. The third-order valence-corrected chi connectivity index (χ3v) is 7.29. The van der Waals surface area contributed by atoms with E-state index in [0.717, 1.165) is 46.2 Å². The Balaban J connectivity index is 1.26. The van der Waals surface area contributed by atoms with Crippen LogP contribution in [0.2, 0.25) is 0 Å². The average molecular weight is 478 g/mol. The highest BCUT2D eigenvalue weighted by Crippen LogP contribution is 2.35. The van der Waals surface area contributed by atoms with Crippen molar-refractivity contribution in [2.75, 3.05) is 25.5 Å². The van der Waals surface area contributed by atoms with E-state index in [1.807, 2.05) is 29.3 Å². The van der Waals surface area contributed by atoms with Gasteiger partial charge in [-0.2, -0.15) is 14.8 Å². The van der Waals surface area contributed by atoms with Gasteiger partial charge >= 0.3 is 0 Å². The van der Waals surface area contributed by atoms with Gasteiger partial charge in [-0.25, -0.2) is 4.98 Å². The molecule has 2 aliphatic rings. The quantitative estimate of drug-likeness (QED) is 0.456. The molecule has 2 aliphatic heterocycles. The number of likely N-dealkylation sites (tertiary alicyclic amines) is 2. The largest absolute Gasteiger partial charge is 0.343 e. The smallest absolute Gasteiger partial charge is 0.245 e.